The van der Waals surface area contributed by atoms with E-state index < -0.39 is 6.04 Å². The molecule has 0 radical (unpaired) electrons. The molecule has 1 aromatic heterocycles. The third-order valence-electron chi connectivity index (χ3n) is 3.12. The van der Waals surface area contributed by atoms with Gasteiger partial charge in [-0.2, -0.15) is 10.4 Å². The Kier molecular flexibility index (Phi) is 3.52. The molecular formula is C14H15FN4. The van der Waals surface area contributed by atoms with Crippen LogP contribution in [0.3, 0.4) is 0 Å². The van der Waals surface area contributed by atoms with Crippen molar-refractivity contribution >= 4 is 5.69 Å². The number of hydrogen-bond acceptors (Lipinski definition) is 3. The maximum Gasteiger partial charge on any atom is 0.143 e. The van der Waals surface area contributed by atoms with Crippen LogP contribution in [0.1, 0.15) is 23.0 Å². The number of nitrogens with one attached hydrogen (secondary N) is 1. The first kappa shape index (κ1) is 13.1. The van der Waals surface area contributed by atoms with Crippen LogP contribution >= 0.6 is 0 Å². The zero-order valence-electron chi connectivity index (χ0n) is 11.1. The predicted molar refractivity (Wildman–Crippen MR) is 71.1 cm³/mol. The number of hydrogen-bond donors (Lipinski definition) is 1. The summed E-state index contributed by atoms with van der Waals surface area (Å²) in [5.41, 5.74) is 3.15. The van der Waals surface area contributed by atoms with Crippen LogP contribution in [0, 0.1) is 31.0 Å². The first-order valence-electron chi connectivity index (χ1n) is 5.94. The molecule has 1 unspecified atom stereocenters. The highest BCUT2D eigenvalue weighted by atomic mass is 19.1. The predicted octanol–water partition coefficient (Wildman–Crippen LogP) is 2.85. The summed E-state index contributed by atoms with van der Waals surface area (Å²) in [6, 6.07) is 7.72. The number of aromatic nitrogens is 2. The maximum absolute atomic E-state index is 13.1. The topological polar surface area (TPSA) is 53.6 Å². The summed E-state index contributed by atoms with van der Waals surface area (Å²) < 4.78 is 14.9. The normalized spacial score (nSPS) is 11.9. The molecule has 19 heavy (non-hydrogen) atoms. The molecule has 98 valence electrons. The van der Waals surface area contributed by atoms with Crippen molar-refractivity contribution in [3.8, 4) is 6.07 Å². The fourth-order valence-electron chi connectivity index (χ4n) is 2.12. The number of aryl methyl sites for hydroxylation is 2. The van der Waals surface area contributed by atoms with Crippen molar-refractivity contribution in [1.29, 1.82) is 5.26 Å². The first-order valence-corrected chi connectivity index (χ1v) is 5.94. The van der Waals surface area contributed by atoms with Gasteiger partial charge in [0.2, 0.25) is 0 Å². The third-order valence-corrected chi connectivity index (χ3v) is 3.12. The zero-order chi connectivity index (χ0) is 14.0. The lowest BCUT2D eigenvalue weighted by atomic mass is 10.1. The van der Waals surface area contributed by atoms with E-state index in [0.29, 0.717) is 5.69 Å². The minimum absolute atomic E-state index is 0.332. The van der Waals surface area contributed by atoms with Crippen molar-refractivity contribution in [1.82, 2.24) is 9.78 Å². The van der Waals surface area contributed by atoms with Gasteiger partial charge in [0.05, 0.1) is 11.8 Å². The SMILES string of the molecule is Cc1nn(C)c(C)c1C(C#N)Nc1cccc(F)c1. The van der Waals surface area contributed by atoms with Gasteiger partial charge in [-0.05, 0) is 32.0 Å². The molecular weight excluding hydrogens is 243 g/mol. The average molecular weight is 258 g/mol. The Bertz CT molecular complexity index is 639. The zero-order valence-corrected chi connectivity index (χ0v) is 11.1. The van der Waals surface area contributed by atoms with Crippen LogP contribution in [0.4, 0.5) is 10.1 Å². The van der Waals surface area contributed by atoms with E-state index in [9.17, 15) is 9.65 Å². The fourth-order valence-corrected chi connectivity index (χ4v) is 2.12. The monoisotopic (exact) mass is 258 g/mol. The van der Waals surface area contributed by atoms with Crippen LogP contribution in [0.5, 0.6) is 0 Å². The second kappa shape index (κ2) is 5.11. The van der Waals surface area contributed by atoms with E-state index in [1.165, 1.54) is 12.1 Å². The summed E-state index contributed by atoms with van der Waals surface area (Å²) in [4.78, 5) is 0. The molecule has 0 saturated carbocycles. The largest absolute Gasteiger partial charge is 0.366 e. The number of rotatable bonds is 3. The van der Waals surface area contributed by atoms with E-state index in [4.69, 9.17) is 0 Å². The molecule has 1 N–H and O–H groups in total. The Balaban J connectivity index is 2.34. The summed E-state index contributed by atoms with van der Waals surface area (Å²) in [5.74, 6) is -0.332. The number of nitrogens with zero attached hydrogens (tertiary/aromatic N) is 3. The van der Waals surface area contributed by atoms with Crippen molar-refractivity contribution in [2.45, 2.75) is 19.9 Å². The molecule has 0 amide bonds. The van der Waals surface area contributed by atoms with Crippen molar-refractivity contribution in [2.75, 3.05) is 5.32 Å². The van der Waals surface area contributed by atoms with E-state index in [1.54, 1.807) is 16.8 Å². The molecule has 0 saturated heterocycles. The number of anilines is 1. The average Bonchev–Trinajstić information content (AvgIpc) is 2.61. The molecule has 0 bridgehead atoms. The highest BCUT2D eigenvalue weighted by Gasteiger charge is 2.19. The summed E-state index contributed by atoms with van der Waals surface area (Å²) in [6.07, 6.45) is 0. The van der Waals surface area contributed by atoms with Crippen LogP contribution in [0.2, 0.25) is 0 Å². The van der Waals surface area contributed by atoms with Gasteiger partial charge in [0, 0.05) is 24.0 Å². The molecule has 2 aromatic rings. The highest BCUT2D eigenvalue weighted by molar-refractivity contribution is 5.49. The fraction of sp³-hybridized carbons (Fsp3) is 0.286. The van der Waals surface area contributed by atoms with Crippen LogP contribution in [-0.2, 0) is 7.05 Å². The number of nitriles is 1. The van der Waals surface area contributed by atoms with Crippen molar-refractivity contribution in [2.24, 2.45) is 7.05 Å². The molecule has 0 aliphatic carbocycles. The Hall–Kier alpha value is -2.35. The van der Waals surface area contributed by atoms with Gasteiger partial charge in [0.15, 0.2) is 0 Å². The Morgan fingerprint density at radius 2 is 2.16 bits per heavy atom. The van der Waals surface area contributed by atoms with Gasteiger partial charge < -0.3 is 5.32 Å². The highest BCUT2D eigenvalue weighted by Crippen LogP contribution is 2.24. The maximum atomic E-state index is 13.1. The van der Waals surface area contributed by atoms with E-state index >= 15 is 0 Å². The standard InChI is InChI=1S/C14H15FN4/c1-9-14(10(2)19(3)18-9)13(8-16)17-12-6-4-5-11(15)7-12/h4-7,13,17H,1-3H3. The van der Waals surface area contributed by atoms with Gasteiger partial charge in [0.25, 0.3) is 0 Å². The van der Waals surface area contributed by atoms with Crippen molar-refractivity contribution in [3.05, 3.63) is 47.0 Å². The van der Waals surface area contributed by atoms with Gasteiger partial charge in [-0.25, -0.2) is 4.39 Å². The molecule has 2 rings (SSSR count). The molecule has 0 aliphatic rings. The van der Waals surface area contributed by atoms with Gasteiger partial charge >= 0.3 is 0 Å². The van der Waals surface area contributed by atoms with Crippen LogP contribution in [0.25, 0.3) is 0 Å². The lowest BCUT2D eigenvalue weighted by Crippen LogP contribution is -2.10. The Morgan fingerprint density at radius 1 is 1.42 bits per heavy atom. The summed E-state index contributed by atoms with van der Waals surface area (Å²) in [5, 5.41) is 16.6. The van der Waals surface area contributed by atoms with E-state index in [2.05, 4.69) is 16.5 Å². The van der Waals surface area contributed by atoms with Crippen molar-refractivity contribution in [3.63, 3.8) is 0 Å². The first-order chi connectivity index (χ1) is 9.02. The molecule has 1 heterocycles. The second-order valence-corrected chi connectivity index (χ2v) is 4.42. The minimum Gasteiger partial charge on any atom is -0.366 e. The molecule has 0 spiro atoms. The summed E-state index contributed by atoms with van der Waals surface area (Å²) in [6.45, 7) is 3.77. The van der Waals surface area contributed by atoms with Crippen molar-refractivity contribution < 1.29 is 4.39 Å². The van der Waals surface area contributed by atoms with E-state index in [0.717, 1.165) is 17.0 Å². The van der Waals surface area contributed by atoms with Gasteiger partial charge in [-0.15, -0.1) is 0 Å². The second-order valence-electron chi connectivity index (χ2n) is 4.42. The van der Waals surface area contributed by atoms with Crippen LogP contribution in [-0.4, -0.2) is 9.78 Å². The smallest absolute Gasteiger partial charge is 0.143 e. The third kappa shape index (κ3) is 2.58. The molecule has 1 atom stereocenters. The van der Waals surface area contributed by atoms with E-state index in [-0.39, 0.29) is 5.82 Å². The minimum atomic E-state index is -0.546. The Morgan fingerprint density at radius 3 is 2.68 bits per heavy atom. The molecule has 4 nitrogen and oxygen atoms in total. The molecule has 0 fully saturated rings. The van der Waals surface area contributed by atoms with E-state index in [1.807, 2.05) is 20.9 Å². The van der Waals surface area contributed by atoms with Gasteiger partial charge in [0.1, 0.15) is 11.9 Å². The van der Waals surface area contributed by atoms with Gasteiger partial charge in [-0.3, -0.25) is 4.68 Å². The lowest BCUT2D eigenvalue weighted by Gasteiger charge is -2.13. The Labute approximate surface area is 111 Å². The van der Waals surface area contributed by atoms with Gasteiger partial charge in [-0.1, -0.05) is 6.07 Å². The summed E-state index contributed by atoms with van der Waals surface area (Å²) in [7, 11) is 1.84. The summed E-state index contributed by atoms with van der Waals surface area (Å²) >= 11 is 0. The number of halogens is 1. The quantitative estimate of drug-likeness (QED) is 0.921. The van der Waals surface area contributed by atoms with Crippen LogP contribution < -0.4 is 5.32 Å². The van der Waals surface area contributed by atoms with Crippen LogP contribution in [0.15, 0.2) is 24.3 Å². The number of benzene rings is 1. The molecule has 0 aliphatic heterocycles. The molecule has 1 aromatic carbocycles. The lowest BCUT2D eigenvalue weighted by molar-refractivity contribution is 0.628. The molecule has 5 heteroatoms.